The third-order valence-corrected chi connectivity index (χ3v) is 4.22. The van der Waals surface area contributed by atoms with Crippen molar-refractivity contribution in [3.63, 3.8) is 0 Å². The van der Waals surface area contributed by atoms with Crippen LogP contribution in [0.3, 0.4) is 0 Å². The van der Waals surface area contributed by atoms with E-state index in [1.165, 1.54) is 18.2 Å². The Morgan fingerprint density at radius 2 is 2.08 bits per heavy atom. The number of anilines is 1. The summed E-state index contributed by atoms with van der Waals surface area (Å²) in [4.78, 5) is 12.2. The minimum atomic E-state index is -4.51. The van der Waals surface area contributed by atoms with Crippen molar-refractivity contribution in [3.05, 3.63) is 59.1 Å². The fraction of sp³-hybridized carbons (Fsp3) is 0.263. The van der Waals surface area contributed by atoms with Crippen LogP contribution in [0.1, 0.15) is 36.3 Å². The van der Waals surface area contributed by atoms with E-state index in [1.807, 2.05) is 0 Å². The second kappa shape index (κ2) is 6.71. The van der Waals surface area contributed by atoms with Crippen molar-refractivity contribution in [2.75, 3.05) is 5.32 Å². The number of benzene rings is 1. The number of amides is 1. The minimum Gasteiger partial charge on any atom is -0.461 e. The lowest BCUT2D eigenvalue weighted by Crippen LogP contribution is -2.14. The van der Waals surface area contributed by atoms with Gasteiger partial charge in [-0.2, -0.15) is 18.4 Å². The van der Waals surface area contributed by atoms with Gasteiger partial charge in [-0.3, -0.25) is 4.79 Å². The molecule has 0 saturated heterocycles. The molecule has 0 unspecified atom stereocenters. The molecule has 1 aromatic carbocycles. The van der Waals surface area contributed by atoms with Crippen LogP contribution < -0.4 is 5.32 Å². The number of hydrogen-bond acceptors (Lipinski definition) is 3. The van der Waals surface area contributed by atoms with E-state index in [0.717, 1.165) is 24.3 Å². The first kappa shape index (κ1) is 17.8. The topological polar surface area (TPSA) is 66.0 Å². The Morgan fingerprint density at radius 3 is 2.69 bits per heavy atom. The van der Waals surface area contributed by atoms with Crippen LogP contribution in [-0.4, -0.2) is 5.91 Å². The van der Waals surface area contributed by atoms with Crippen molar-refractivity contribution in [2.45, 2.75) is 25.4 Å². The molecule has 2 atom stereocenters. The molecule has 0 aliphatic heterocycles. The summed E-state index contributed by atoms with van der Waals surface area (Å²) < 4.78 is 43.8. The molecule has 1 N–H and O–H groups in total. The third kappa shape index (κ3) is 3.97. The van der Waals surface area contributed by atoms with E-state index >= 15 is 0 Å². The molecule has 26 heavy (non-hydrogen) atoms. The predicted octanol–water partition coefficient (Wildman–Crippen LogP) is 4.97. The van der Waals surface area contributed by atoms with Gasteiger partial charge in [0.1, 0.15) is 23.2 Å². The number of carbonyl (C=O) groups excluding carboxylic acids is 1. The van der Waals surface area contributed by atoms with Gasteiger partial charge < -0.3 is 9.73 Å². The van der Waals surface area contributed by atoms with Gasteiger partial charge in [0.2, 0.25) is 0 Å². The number of rotatable bonds is 4. The zero-order valence-corrected chi connectivity index (χ0v) is 13.8. The van der Waals surface area contributed by atoms with Crippen LogP contribution >= 0.6 is 0 Å². The number of carbonyl (C=O) groups is 1. The van der Waals surface area contributed by atoms with Crippen LogP contribution in [0.25, 0.3) is 6.08 Å². The molecule has 0 spiro atoms. The second-order valence-electron chi connectivity index (χ2n) is 6.26. The summed E-state index contributed by atoms with van der Waals surface area (Å²) in [6, 6.07) is 9.43. The molecule has 1 fully saturated rings. The molecular weight excluding hydrogens is 345 g/mol. The van der Waals surface area contributed by atoms with E-state index in [0.29, 0.717) is 17.6 Å². The van der Waals surface area contributed by atoms with Gasteiger partial charge in [0, 0.05) is 17.7 Å². The molecule has 4 nitrogen and oxygen atoms in total. The zero-order chi connectivity index (χ0) is 18.9. The van der Waals surface area contributed by atoms with E-state index in [2.05, 4.69) is 12.2 Å². The van der Waals surface area contributed by atoms with E-state index in [-0.39, 0.29) is 11.3 Å². The summed E-state index contributed by atoms with van der Waals surface area (Å²) in [5.74, 6) is 1.28. The molecule has 1 amide bonds. The molecule has 1 aliphatic carbocycles. The molecule has 2 aromatic rings. The smallest absolute Gasteiger partial charge is 0.416 e. The highest BCUT2D eigenvalue weighted by atomic mass is 19.4. The highest BCUT2D eigenvalue weighted by molar-refractivity contribution is 6.09. The molecule has 1 aromatic heterocycles. The van der Waals surface area contributed by atoms with Crippen LogP contribution in [0.4, 0.5) is 18.9 Å². The first-order chi connectivity index (χ1) is 12.3. The first-order valence-corrected chi connectivity index (χ1v) is 7.98. The van der Waals surface area contributed by atoms with Gasteiger partial charge in [0.05, 0.1) is 5.56 Å². The summed E-state index contributed by atoms with van der Waals surface area (Å²) >= 11 is 0. The van der Waals surface area contributed by atoms with E-state index < -0.39 is 17.6 Å². The maximum Gasteiger partial charge on any atom is 0.416 e. The number of furan rings is 1. The third-order valence-electron chi connectivity index (χ3n) is 4.22. The van der Waals surface area contributed by atoms with Crippen LogP contribution in [0.5, 0.6) is 0 Å². The van der Waals surface area contributed by atoms with E-state index in [4.69, 9.17) is 4.42 Å². The number of halogens is 3. The van der Waals surface area contributed by atoms with Gasteiger partial charge >= 0.3 is 6.18 Å². The van der Waals surface area contributed by atoms with Crippen molar-refractivity contribution >= 4 is 17.7 Å². The normalized spacial score (nSPS) is 19.7. The van der Waals surface area contributed by atoms with Crippen molar-refractivity contribution in [2.24, 2.45) is 5.92 Å². The van der Waals surface area contributed by atoms with Gasteiger partial charge in [0.15, 0.2) is 0 Å². The average molecular weight is 360 g/mol. The monoisotopic (exact) mass is 360 g/mol. The van der Waals surface area contributed by atoms with Crippen molar-refractivity contribution in [1.29, 1.82) is 5.26 Å². The van der Waals surface area contributed by atoms with Crippen molar-refractivity contribution in [1.82, 2.24) is 0 Å². The summed E-state index contributed by atoms with van der Waals surface area (Å²) in [5, 5.41) is 11.5. The standard InChI is InChI=1S/C19H15F3N2O2/c1-11-7-16(11)17-6-5-15(26-17)8-12(10-23)18(25)24-14-4-2-3-13(9-14)19(20,21)22/h2-6,8-9,11,16H,7H2,1H3,(H,24,25)/b12-8+/t11-,16-/m1/s1. The average Bonchev–Trinajstić information content (AvgIpc) is 3.14. The maximum atomic E-state index is 12.7. The number of nitrogens with one attached hydrogen (secondary N) is 1. The molecule has 1 heterocycles. The van der Waals surface area contributed by atoms with Gasteiger partial charge in [-0.25, -0.2) is 0 Å². The second-order valence-corrected chi connectivity index (χ2v) is 6.26. The van der Waals surface area contributed by atoms with Gasteiger partial charge in [-0.05, 0) is 42.7 Å². The molecule has 0 radical (unpaired) electrons. The molecule has 1 aliphatic rings. The Morgan fingerprint density at radius 1 is 1.35 bits per heavy atom. The largest absolute Gasteiger partial charge is 0.461 e. The molecule has 7 heteroatoms. The Balaban J connectivity index is 1.75. The molecule has 3 rings (SSSR count). The number of nitriles is 1. The first-order valence-electron chi connectivity index (χ1n) is 7.98. The lowest BCUT2D eigenvalue weighted by molar-refractivity contribution is -0.137. The van der Waals surface area contributed by atoms with Crippen molar-refractivity contribution in [3.8, 4) is 6.07 Å². The minimum absolute atomic E-state index is 0.0436. The summed E-state index contributed by atoms with van der Waals surface area (Å²) in [6.07, 6.45) is -2.20. The molecule has 0 bridgehead atoms. The Kier molecular flexibility index (Phi) is 4.60. The summed E-state index contributed by atoms with van der Waals surface area (Å²) in [5.41, 5.74) is -1.18. The summed E-state index contributed by atoms with van der Waals surface area (Å²) in [7, 11) is 0. The van der Waals surface area contributed by atoms with E-state index in [9.17, 15) is 23.2 Å². The molecular formula is C19H15F3N2O2. The van der Waals surface area contributed by atoms with Gasteiger partial charge in [-0.15, -0.1) is 0 Å². The number of alkyl halides is 3. The van der Waals surface area contributed by atoms with Crippen LogP contribution in [-0.2, 0) is 11.0 Å². The predicted molar refractivity (Wildman–Crippen MR) is 88.9 cm³/mol. The Hall–Kier alpha value is -3.01. The van der Waals surface area contributed by atoms with Crippen LogP contribution in [0, 0.1) is 17.2 Å². The lowest BCUT2D eigenvalue weighted by Gasteiger charge is -2.09. The van der Waals surface area contributed by atoms with Crippen LogP contribution in [0.15, 0.2) is 46.4 Å². The van der Waals surface area contributed by atoms with Crippen molar-refractivity contribution < 1.29 is 22.4 Å². The highest BCUT2D eigenvalue weighted by Gasteiger charge is 2.36. The molecule has 1 saturated carbocycles. The zero-order valence-electron chi connectivity index (χ0n) is 13.8. The number of hydrogen-bond donors (Lipinski definition) is 1. The summed E-state index contributed by atoms with van der Waals surface area (Å²) in [6.45, 7) is 2.10. The van der Waals surface area contributed by atoms with E-state index in [1.54, 1.807) is 18.2 Å². The van der Waals surface area contributed by atoms with Gasteiger partial charge in [-0.1, -0.05) is 13.0 Å². The number of nitrogens with zero attached hydrogens (tertiary/aromatic N) is 1. The quantitative estimate of drug-likeness (QED) is 0.618. The lowest BCUT2D eigenvalue weighted by atomic mass is 10.1. The SMILES string of the molecule is C[C@@H]1C[C@H]1c1ccc(/C=C(\C#N)C(=O)Nc2cccc(C(F)(F)F)c2)o1. The van der Waals surface area contributed by atoms with Gasteiger partial charge in [0.25, 0.3) is 5.91 Å². The highest BCUT2D eigenvalue weighted by Crippen LogP contribution is 2.47. The van der Waals surface area contributed by atoms with Crippen LogP contribution in [0.2, 0.25) is 0 Å². The fourth-order valence-corrected chi connectivity index (χ4v) is 2.63. The maximum absolute atomic E-state index is 12.7. The molecule has 134 valence electrons. The Bertz CT molecular complexity index is 906. The Labute approximate surface area is 147 Å². The fourth-order valence-electron chi connectivity index (χ4n) is 2.63.